The standard InChI is InChI=1S/C21H36N4O2/c1-4-26-19-10-9-18(17-20(19)27-5-2)11-12-23-21(22-3)24-13-16-25-14-7-6-8-15-25/h9-10,17H,4-8,11-16H2,1-3H3,(H2,22,23,24). The summed E-state index contributed by atoms with van der Waals surface area (Å²) in [5.41, 5.74) is 1.22. The van der Waals surface area contributed by atoms with Crippen LogP contribution in [0, 0.1) is 0 Å². The average Bonchev–Trinajstić information content (AvgIpc) is 2.70. The van der Waals surface area contributed by atoms with Crippen molar-refractivity contribution in [3.8, 4) is 11.5 Å². The number of nitrogens with one attached hydrogen (secondary N) is 2. The number of ether oxygens (including phenoxy) is 2. The Hall–Kier alpha value is -1.95. The van der Waals surface area contributed by atoms with Gasteiger partial charge in [0.2, 0.25) is 0 Å². The van der Waals surface area contributed by atoms with Crippen molar-refractivity contribution in [2.75, 3.05) is 53.0 Å². The van der Waals surface area contributed by atoms with Gasteiger partial charge in [0.1, 0.15) is 0 Å². The topological polar surface area (TPSA) is 58.1 Å². The zero-order chi connectivity index (χ0) is 19.3. The van der Waals surface area contributed by atoms with Gasteiger partial charge in [0.15, 0.2) is 17.5 Å². The van der Waals surface area contributed by atoms with Crippen LogP contribution in [0.2, 0.25) is 0 Å². The Morgan fingerprint density at radius 1 is 1.00 bits per heavy atom. The van der Waals surface area contributed by atoms with Crippen LogP contribution in [0.15, 0.2) is 23.2 Å². The zero-order valence-corrected chi connectivity index (χ0v) is 17.2. The molecule has 0 saturated carbocycles. The van der Waals surface area contributed by atoms with E-state index in [-0.39, 0.29) is 0 Å². The Labute approximate surface area is 164 Å². The van der Waals surface area contributed by atoms with Gasteiger partial charge in [-0.15, -0.1) is 0 Å². The van der Waals surface area contributed by atoms with Crippen LogP contribution in [0.5, 0.6) is 11.5 Å². The minimum atomic E-state index is 0.634. The van der Waals surface area contributed by atoms with E-state index < -0.39 is 0 Å². The lowest BCUT2D eigenvalue weighted by Gasteiger charge is -2.26. The van der Waals surface area contributed by atoms with E-state index in [0.717, 1.165) is 43.5 Å². The second kappa shape index (κ2) is 12.4. The molecule has 0 unspecified atom stereocenters. The van der Waals surface area contributed by atoms with Gasteiger partial charge in [0, 0.05) is 26.7 Å². The predicted octanol–water partition coefficient (Wildman–Crippen LogP) is 2.68. The summed E-state index contributed by atoms with van der Waals surface area (Å²) in [5, 5.41) is 6.81. The van der Waals surface area contributed by atoms with Crippen molar-refractivity contribution in [1.29, 1.82) is 0 Å². The Morgan fingerprint density at radius 2 is 1.70 bits per heavy atom. The summed E-state index contributed by atoms with van der Waals surface area (Å²) in [5.74, 6) is 2.50. The van der Waals surface area contributed by atoms with Crippen LogP contribution in [-0.4, -0.2) is 63.8 Å². The molecule has 1 aliphatic rings. The van der Waals surface area contributed by atoms with Crippen molar-refractivity contribution in [3.05, 3.63) is 23.8 Å². The molecule has 0 spiro atoms. The van der Waals surface area contributed by atoms with E-state index in [1.165, 1.54) is 37.9 Å². The minimum Gasteiger partial charge on any atom is -0.490 e. The number of rotatable bonds is 10. The molecule has 1 aromatic rings. The normalized spacial score (nSPS) is 15.4. The van der Waals surface area contributed by atoms with Gasteiger partial charge in [-0.3, -0.25) is 4.99 Å². The van der Waals surface area contributed by atoms with E-state index in [1.807, 2.05) is 27.0 Å². The summed E-state index contributed by atoms with van der Waals surface area (Å²) in [6, 6.07) is 6.17. The fourth-order valence-electron chi connectivity index (χ4n) is 3.31. The van der Waals surface area contributed by atoms with Crippen LogP contribution in [-0.2, 0) is 6.42 Å². The van der Waals surface area contributed by atoms with Gasteiger partial charge in [-0.25, -0.2) is 0 Å². The molecule has 2 N–H and O–H groups in total. The van der Waals surface area contributed by atoms with Gasteiger partial charge < -0.3 is 25.0 Å². The number of likely N-dealkylation sites (tertiary alicyclic amines) is 1. The van der Waals surface area contributed by atoms with Crippen molar-refractivity contribution in [3.63, 3.8) is 0 Å². The van der Waals surface area contributed by atoms with Gasteiger partial charge in [-0.1, -0.05) is 12.5 Å². The first kappa shape index (κ1) is 21.4. The Morgan fingerprint density at radius 3 is 2.41 bits per heavy atom. The maximum Gasteiger partial charge on any atom is 0.191 e. The highest BCUT2D eigenvalue weighted by atomic mass is 16.5. The molecule has 0 bridgehead atoms. The van der Waals surface area contributed by atoms with Gasteiger partial charge in [0.25, 0.3) is 0 Å². The number of aliphatic imine (C=N–C) groups is 1. The summed E-state index contributed by atoms with van der Waals surface area (Å²) >= 11 is 0. The molecule has 0 amide bonds. The maximum atomic E-state index is 5.70. The van der Waals surface area contributed by atoms with E-state index in [2.05, 4.69) is 32.7 Å². The van der Waals surface area contributed by atoms with E-state index in [0.29, 0.717) is 13.2 Å². The molecule has 1 aromatic carbocycles. The first-order chi connectivity index (χ1) is 13.3. The molecule has 0 aromatic heterocycles. The van der Waals surface area contributed by atoms with Gasteiger partial charge in [-0.05, 0) is 63.9 Å². The molecule has 1 heterocycles. The molecular formula is C21H36N4O2. The second-order valence-electron chi connectivity index (χ2n) is 6.73. The van der Waals surface area contributed by atoms with Crippen LogP contribution in [0.1, 0.15) is 38.7 Å². The molecule has 0 atom stereocenters. The van der Waals surface area contributed by atoms with Crippen molar-refractivity contribution < 1.29 is 9.47 Å². The molecule has 27 heavy (non-hydrogen) atoms. The monoisotopic (exact) mass is 376 g/mol. The number of hydrogen-bond acceptors (Lipinski definition) is 4. The van der Waals surface area contributed by atoms with Crippen molar-refractivity contribution in [2.24, 2.45) is 4.99 Å². The van der Waals surface area contributed by atoms with Crippen molar-refractivity contribution in [1.82, 2.24) is 15.5 Å². The summed E-state index contributed by atoms with van der Waals surface area (Å²) in [4.78, 5) is 6.85. The number of benzene rings is 1. The highest BCUT2D eigenvalue weighted by Crippen LogP contribution is 2.28. The predicted molar refractivity (Wildman–Crippen MR) is 112 cm³/mol. The highest BCUT2D eigenvalue weighted by Gasteiger charge is 2.09. The van der Waals surface area contributed by atoms with Gasteiger partial charge in [0.05, 0.1) is 13.2 Å². The molecule has 6 heteroatoms. The first-order valence-corrected chi connectivity index (χ1v) is 10.3. The quantitative estimate of drug-likeness (QED) is 0.486. The second-order valence-corrected chi connectivity index (χ2v) is 6.73. The fraction of sp³-hybridized carbons (Fsp3) is 0.667. The summed E-state index contributed by atoms with van der Waals surface area (Å²) < 4.78 is 11.3. The minimum absolute atomic E-state index is 0.634. The van der Waals surface area contributed by atoms with E-state index in [9.17, 15) is 0 Å². The Kier molecular flexibility index (Phi) is 9.84. The van der Waals surface area contributed by atoms with E-state index in [4.69, 9.17) is 9.47 Å². The number of nitrogens with zero attached hydrogens (tertiary/aromatic N) is 2. The third-order valence-corrected chi connectivity index (χ3v) is 4.71. The summed E-state index contributed by atoms with van der Waals surface area (Å²) in [7, 11) is 1.82. The lowest BCUT2D eigenvalue weighted by molar-refractivity contribution is 0.232. The largest absolute Gasteiger partial charge is 0.490 e. The maximum absolute atomic E-state index is 5.70. The third kappa shape index (κ3) is 7.67. The van der Waals surface area contributed by atoms with Crippen LogP contribution >= 0.6 is 0 Å². The molecule has 1 fully saturated rings. The Bertz CT molecular complexity index is 571. The molecule has 6 nitrogen and oxygen atoms in total. The van der Waals surface area contributed by atoms with Gasteiger partial charge >= 0.3 is 0 Å². The number of piperidine rings is 1. The zero-order valence-electron chi connectivity index (χ0n) is 17.2. The van der Waals surface area contributed by atoms with Crippen LogP contribution in [0.3, 0.4) is 0 Å². The molecule has 152 valence electrons. The smallest absolute Gasteiger partial charge is 0.191 e. The average molecular weight is 377 g/mol. The van der Waals surface area contributed by atoms with E-state index >= 15 is 0 Å². The van der Waals surface area contributed by atoms with Crippen LogP contribution in [0.25, 0.3) is 0 Å². The highest BCUT2D eigenvalue weighted by molar-refractivity contribution is 5.79. The van der Waals surface area contributed by atoms with Gasteiger partial charge in [-0.2, -0.15) is 0 Å². The molecule has 0 radical (unpaired) electrons. The number of hydrogen-bond donors (Lipinski definition) is 2. The molecule has 1 saturated heterocycles. The third-order valence-electron chi connectivity index (χ3n) is 4.71. The molecule has 2 rings (SSSR count). The molecular weight excluding hydrogens is 340 g/mol. The van der Waals surface area contributed by atoms with Crippen LogP contribution in [0.4, 0.5) is 0 Å². The number of guanidine groups is 1. The van der Waals surface area contributed by atoms with Crippen LogP contribution < -0.4 is 20.1 Å². The van der Waals surface area contributed by atoms with Crippen molar-refractivity contribution >= 4 is 5.96 Å². The Balaban J connectivity index is 1.73. The molecule has 0 aliphatic carbocycles. The summed E-state index contributed by atoms with van der Waals surface area (Å²) in [6.07, 6.45) is 4.95. The molecule has 1 aliphatic heterocycles. The van der Waals surface area contributed by atoms with Crippen molar-refractivity contribution in [2.45, 2.75) is 39.5 Å². The first-order valence-electron chi connectivity index (χ1n) is 10.3. The fourth-order valence-corrected chi connectivity index (χ4v) is 3.31. The SMILES string of the molecule is CCOc1ccc(CCNC(=NC)NCCN2CCCCC2)cc1OCC. The lowest BCUT2D eigenvalue weighted by atomic mass is 10.1. The lowest BCUT2D eigenvalue weighted by Crippen LogP contribution is -2.43. The van der Waals surface area contributed by atoms with E-state index in [1.54, 1.807) is 0 Å². The summed E-state index contributed by atoms with van der Waals surface area (Å²) in [6.45, 7) is 10.5.